The summed E-state index contributed by atoms with van der Waals surface area (Å²) in [5, 5.41) is 2.25. The number of para-hydroxylation sites is 1. The highest BCUT2D eigenvalue weighted by Crippen LogP contribution is 2.31. The lowest BCUT2D eigenvalue weighted by atomic mass is 10.1. The van der Waals surface area contributed by atoms with E-state index in [1.54, 1.807) is 6.26 Å². The quantitative estimate of drug-likeness (QED) is 0.496. The Kier molecular flexibility index (Phi) is 2.03. The highest BCUT2D eigenvalue weighted by atomic mass is 16.3. The summed E-state index contributed by atoms with van der Waals surface area (Å²) in [7, 11) is 0. The molecule has 0 spiro atoms. The number of oxazole rings is 1. The molecular formula is C16H11NO2. The Morgan fingerprint density at radius 3 is 2.63 bits per heavy atom. The molecule has 0 saturated carbocycles. The zero-order valence-corrected chi connectivity index (χ0v) is 10.4. The third-order valence-corrected chi connectivity index (χ3v) is 3.24. The fraction of sp³-hybridized carbons (Fsp3) is 0.0625. The van der Waals surface area contributed by atoms with Crippen molar-refractivity contribution in [3.05, 3.63) is 54.4 Å². The molecule has 0 unspecified atom stereocenters. The van der Waals surface area contributed by atoms with Gasteiger partial charge < -0.3 is 8.83 Å². The van der Waals surface area contributed by atoms with Crippen LogP contribution >= 0.6 is 0 Å². The van der Waals surface area contributed by atoms with Crippen molar-refractivity contribution in [2.24, 2.45) is 0 Å². The van der Waals surface area contributed by atoms with Gasteiger partial charge in [0, 0.05) is 16.3 Å². The lowest BCUT2D eigenvalue weighted by Gasteiger charge is -1.95. The van der Waals surface area contributed by atoms with Crippen LogP contribution in [0, 0.1) is 6.92 Å². The van der Waals surface area contributed by atoms with Crippen molar-refractivity contribution < 1.29 is 8.83 Å². The Morgan fingerprint density at radius 1 is 0.947 bits per heavy atom. The maximum atomic E-state index is 5.85. The van der Waals surface area contributed by atoms with E-state index in [1.807, 2.05) is 37.3 Å². The third kappa shape index (κ3) is 1.55. The van der Waals surface area contributed by atoms with Gasteiger partial charge >= 0.3 is 0 Å². The SMILES string of the molecule is Cc1coc(-c2ccc3c(c2)oc2ccccc23)n1. The van der Waals surface area contributed by atoms with E-state index >= 15 is 0 Å². The summed E-state index contributed by atoms with van der Waals surface area (Å²) in [5.41, 5.74) is 3.56. The molecule has 3 heteroatoms. The maximum absolute atomic E-state index is 5.85. The van der Waals surface area contributed by atoms with E-state index < -0.39 is 0 Å². The Balaban J connectivity index is 1.99. The number of rotatable bonds is 1. The molecule has 0 amide bonds. The predicted octanol–water partition coefficient (Wildman–Crippen LogP) is 4.55. The van der Waals surface area contributed by atoms with Crippen LogP contribution in [-0.4, -0.2) is 4.98 Å². The number of hydrogen-bond acceptors (Lipinski definition) is 3. The number of aryl methyl sites for hydroxylation is 1. The van der Waals surface area contributed by atoms with E-state index in [-0.39, 0.29) is 0 Å². The molecule has 2 aromatic heterocycles. The van der Waals surface area contributed by atoms with Crippen molar-refractivity contribution in [1.29, 1.82) is 0 Å². The zero-order chi connectivity index (χ0) is 12.8. The normalized spacial score (nSPS) is 11.4. The lowest BCUT2D eigenvalue weighted by Crippen LogP contribution is -1.77. The van der Waals surface area contributed by atoms with Crippen LogP contribution in [0.15, 0.2) is 57.6 Å². The van der Waals surface area contributed by atoms with Gasteiger partial charge in [-0.15, -0.1) is 0 Å². The van der Waals surface area contributed by atoms with Gasteiger partial charge in [-0.1, -0.05) is 18.2 Å². The average molecular weight is 249 g/mol. The lowest BCUT2D eigenvalue weighted by molar-refractivity contribution is 0.573. The summed E-state index contributed by atoms with van der Waals surface area (Å²) in [6.07, 6.45) is 1.65. The number of benzene rings is 2. The van der Waals surface area contributed by atoms with Crippen LogP contribution in [0.4, 0.5) is 0 Å². The predicted molar refractivity (Wildman–Crippen MR) is 74.0 cm³/mol. The number of furan rings is 1. The Labute approximate surface area is 109 Å². The molecule has 4 rings (SSSR count). The number of hydrogen-bond donors (Lipinski definition) is 0. The summed E-state index contributed by atoms with van der Waals surface area (Å²) < 4.78 is 11.3. The first-order valence-electron chi connectivity index (χ1n) is 6.15. The molecule has 0 aliphatic rings. The van der Waals surface area contributed by atoms with Crippen LogP contribution in [-0.2, 0) is 0 Å². The third-order valence-electron chi connectivity index (χ3n) is 3.24. The van der Waals surface area contributed by atoms with E-state index in [0.717, 1.165) is 33.2 Å². The summed E-state index contributed by atoms with van der Waals surface area (Å²) in [4.78, 5) is 4.33. The Hall–Kier alpha value is -2.55. The number of aromatic nitrogens is 1. The Bertz CT molecular complexity index is 886. The van der Waals surface area contributed by atoms with Gasteiger partial charge in [-0.2, -0.15) is 0 Å². The minimum atomic E-state index is 0.625. The number of nitrogens with zero attached hydrogens (tertiary/aromatic N) is 1. The molecule has 0 saturated heterocycles. The van der Waals surface area contributed by atoms with Crippen molar-refractivity contribution in [2.75, 3.05) is 0 Å². The summed E-state index contributed by atoms with van der Waals surface area (Å²) in [6, 6.07) is 14.1. The highest BCUT2D eigenvalue weighted by molar-refractivity contribution is 6.05. The molecule has 3 nitrogen and oxygen atoms in total. The van der Waals surface area contributed by atoms with Crippen LogP contribution in [0.25, 0.3) is 33.4 Å². The average Bonchev–Trinajstić information content (AvgIpc) is 3.01. The molecule has 0 bridgehead atoms. The fourth-order valence-electron chi connectivity index (χ4n) is 2.35. The van der Waals surface area contributed by atoms with Crippen molar-refractivity contribution >= 4 is 21.9 Å². The summed E-state index contributed by atoms with van der Waals surface area (Å²) in [5.74, 6) is 0.625. The minimum absolute atomic E-state index is 0.625. The van der Waals surface area contributed by atoms with Crippen molar-refractivity contribution in [3.63, 3.8) is 0 Å². The second kappa shape index (κ2) is 3.72. The van der Waals surface area contributed by atoms with Crippen LogP contribution < -0.4 is 0 Å². The molecule has 0 atom stereocenters. The van der Waals surface area contributed by atoms with Gasteiger partial charge in [-0.3, -0.25) is 0 Å². The molecule has 0 fully saturated rings. The van der Waals surface area contributed by atoms with Crippen molar-refractivity contribution in [3.8, 4) is 11.5 Å². The second-order valence-electron chi connectivity index (χ2n) is 4.60. The molecule has 0 radical (unpaired) electrons. The standard InChI is InChI=1S/C16H11NO2/c1-10-9-18-16(17-10)11-6-7-13-12-4-2-3-5-14(12)19-15(13)8-11/h2-9H,1H3. The fourth-order valence-corrected chi connectivity index (χ4v) is 2.35. The van der Waals surface area contributed by atoms with E-state index in [0.29, 0.717) is 5.89 Å². The molecular weight excluding hydrogens is 238 g/mol. The summed E-state index contributed by atoms with van der Waals surface area (Å²) >= 11 is 0. The molecule has 4 aromatic rings. The van der Waals surface area contributed by atoms with Crippen molar-refractivity contribution in [1.82, 2.24) is 4.98 Å². The topological polar surface area (TPSA) is 39.2 Å². The molecule has 0 aliphatic carbocycles. The second-order valence-corrected chi connectivity index (χ2v) is 4.60. The first kappa shape index (κ1) is 10.4. The summed E-state index contributed by atoms with van der Waals surface area (Å²) in [6.45, 7) is 1.91. The van der Waals surface area contributed by atoms with Gasteiger partial charge in [0.05, 0.1) is 5.69 Å². The van der Waals surface area contributed by atoms with Gasteiger partial charge in [0.1, 0.15) is 17.4 Å². The highest BCUT2D eigenvalue weighted by Gasteiger charge is 2.10. The maximum Gasteiger partial charge on any atom is 0.226 e. The molecule has 0 aliphatic heterocycles. The minimum Gasteiger partial charge on any atom is -0.456 e. The first-order valence-corrected chi connectivity index (χ1v) is 6.15. The zero-order valence-electron chi connectivity index (χ0n) is 10.4. The van der Waals surface area contributed by atoms with Gasteiger partial charge in [-0.05, 0) is 31.2 Å². The van der Waals surface area contributed by atoms with E-state index in [2.05, 4.69) is 17.1 Å². The van der Waals surface area contributed by atoms with Crippen LogP contribution in [0.5, 0.6) is 0 Å². The Morgan fingerprint density at radius 2 is 1.79 bits per heavy atom. The van der Waals surface area contributed by atoms with Gasteiger partial charge in [0.15, 0.2) is 0 Å². The van der Waals surface area contributed by atoms with E-state index in [9.17, 15) is 0 Å². The largest absolute Gasteiger partial charge is 0.456 e. The molecule has 92 valence electrons. The molecule has 2 aromatic carbocycles. The van der Waals surface area contributed by atoms with E-state index in [1.165, 1.54) is 0 Å². The number of fused-ring (bicyclic) bond motifs is 3. The van der Waals surface area contributed by atoms with Gasteiger partial charge in [0.2, 0.25) is 5.89 Å². The van der Waals surface area contributed by atoms with E-state index in [4.69, 9.17) is 8.83 Å². The first-order chi connectivity index (χ1) is 9.31. The molecule has 2 heterocycles. The molecule has 0 N–H and O–H groups in total. The molecule has 19 heavy (non-hydrogen) atoms. The van der Waals surface area contributed by atoms with Crippen molar-refractivity contribution in [2.45, 2.75) is 6.92 Å². The smallest absolute Gasteiger partial charge is 0.226 e. The van der Waals surface area contributed by atoms with Crippen LogP contribution in [0.3, 0.4) is 0 Å². The van der Waals surface area contributed by atoms with Crippen LogP contribution in [0.2, 0.25) is 0 Å². The van der Waals surface area contributed by atoms with Crippen LogP contribution in [0.1, 0.15) is 5.69 Å². The monoisotopic (exact) mass is 249 g/mol. The van der Waals surface area contributed by atoms with Gasteiger partial charge in [0.25, 0.3) is 0 Å². The van der Waals surface area contributed by atoms with Gasteiger partial charge in [-0.25, -0.2) is 4.98 Å².